The van der Waals surface area contributed by atoms with E-state index in [2.05, 4.69) is 15.0 Å². The van der Waals surface area contributed by atoms with E-state index in [-0.39, 0.29) is 24.1 Å². The lowest BCUT2D eigenvalue weighted by molar-refractivity contribution is 0.0742. The minimum Gasteiger partial charge on any atom is -0.394 e. The van der Waals surface area contributed by atoms with Crippen molar-refractivity contribution in [2.75, 3.05) is 6.61 Å². The summed E-state index contributed by atoms with van der Waals surface area (Å²) in [7, 11) is 0. The monoisotopic (exact) mass is 236 g/mol. The summed E-state index contributed by atoms with van der Waals surface area (Å²) in [5, 5.41) is 18.4. The summed E-state index contributed by atoms with van der Waals surface area (Å²) in [5.74, 6) is 0.0125. The first-order valence-corrected chi connectivity index (χ1v) is 5.41. The highest BCUT2D eigenvalue weighted by atomic mass is 16.3. The van der Waals surface area contributed by atoms with E-state index < -0.39 is 6.10 Å². The van der Waals surface area contributed by atoms with Crippen LogP contribution in [0.3, 0.4) is 0 Å². The number of aromatic amines is 1. The SMILES string of the molecule is O=c1[nH]cnc2c1ncn2[C@@H]1C[C@@H]1[C@@H](O)CO. The third-order valence-corrected chi connectivity index (χ3v) is 3.21. The fourth-order valence-electron chi connectivity index (χ4n) is 2.17. The van der Waals surface area contributed by atoms with Gasteiger partial charge in [-0.15, -0.1) is 0 Å². The van der Waals surface area contributed by atoms with Crippen molar-refractivity contribution in [3.8, 4) is 0 Å². The van der Waals surface area contributed by atoms with Crippen LogP contribution in [0.1, 0.15) is 12.5 Å². The summed E-state index contributed by atoms with van der Waals surface area (Å²) in [6, 6.07) is 0.0662. The van der Waals surface area contributed by atoms with Crippen LogP contribution in [0.15, 0.2) is 17.4 Å². The molecule has 90 valence electrons. The van der Waals surface area contributed by atoms with Crippen LogP contribution in [0.25, 0.3) is 11.2 Å². The van der Waals surface area contributed by atoms with Crippen LogP contribution in [0.2, 0.25) is 0 Å². The van der Waals surface area contributed by atoms with Crippen LogP contribution in [0.4, 0.5) is 0 Å². The minimum absolute atomic E-state index is 0.0125. The van der Waals surface area contributed by atoms with E-state index in [9.17, 15) is 9.90 Å². The van der Waals surface area contributed by atoms with Gasteiger partial charge in [-0.25, -0.2) is 9.97 Å². The zero-order chi connectivity index (χ0) is 12.0. The Hall–Kier alpha value is -1.73. The predicted octanol–water partition coefficient (Wildman–Crippen LogP) is -0.966. The number of hydrogen-bond acceptors (Lipinski definition) is 5. The normalized spacial score (nSPS) is 25.1. The van der Waals surface area contributed by atoms with Crippen LogP contribution in [0, 0.1) is 5.92 Å². The zero-order valence-electron chi connectivity index (χ0n) is 8.95. The molecular weight excluding hydrogens is 224 g/mol. The van der Waals surface area contributed by atoms with Crippen LogP contribution < -0.4 is 5.56 Å². The van der Waals surface area contributed by atoms with Crippen molar-refractivity contribution in [1.82, 2.24) is 19.5 Å². The molecule has 17 heavy (non-hydrogen) atoms. The summed E-state index contributed by atoms with van der Waals surface area (Å²) in [4.78, 5) is 22.0. The molecule has 0 radical (unpaired) electrons. The van der Waals surface area contributed by atoms with Gasteiger partial charge in [-0.1, -0.05) is 0 Å². The van der Waals surface area contributed by atoms with Crippen LogP contribution in [0.5, 0.6) is 0 Å². The van der Waals surface area contributed by atoms with Crippen molar-refractivity contribution >= 4 is 11.2 Å². The molecule has 1 aliphatic rings. The largest absolute Gasteiger partial charge is 0.394 e. The number of aliphatic hydroxyl groups is 2. The number of fused-ring (bicyclic) bond motifs is 1. The van der Waals surface area contributed by atoms with Crippen molar-refractivity contribution in [2.45, 2.75) is 18.6 Å². The van der Waals surface area contributed by atoms with Gasteiger partial charge in [0.1, 0.15) is 0 Å². The lowest BCUT2D eigenvalue weighted by Gasteiger charge is -2.06. The van der Waals surface area contributed by atoms with Crippen LogP contribution in [-0.2, 0) is 0 Å². The fraction of sp³-hybridized carbons (Fsp3) is 0.500. The van der Waals surface area contributed by atoms with E-state index in [1.807, 2.05) is 0 Å². The Morgan fingerprint density at radius 1 is 1.59 bits per heavy atom. The molecule has 0 unspecified atom stereocenters. The Morgan fingerprint density at radius 3 is 3.18 bits per heavy atom. The molecule has 2 aromatic heterocycles. The molecule has 2 aromatic rings. The smallest absolute Gasteiger partial charge is 0.278 e. The molecule has 0 bridgehead atoms. The average Bonchev–Trinajstić information content (AvgIpc) is 3.01. The maximum absolute atomic E-state index is 11.4. The first-order valence-electron chi connectivity index (χ1n) is 5.41. The molecule has 3 atom stereocenters. The van der Waals surface area contributed by atoms with Gasteiger partial charge in [0.25, 0.3) is 5.56 Å². The molecule has 1 aliphatic carbocycles. The molecule has 2 heterocycles. The van der Waals surface area contributed by atoms with Crippen molar-refractivity contribution in [1.29, 1.82) is 0 Å². The van der Waals surface area contributed by atoms with Gasteiger partial charge >= 0.3 is 0 Å². The van der Waals surface area contributed by atoms with Gasteiger partial charge in [0.05, 0.1) is 25.4 Å². The van der Waals surface area contributed by atoms with Gasteiger partial charge < -0.3 is 19.8 Å². The number of imidazole rings is 1. The lowest BCUT2D eigenvalue weighted by atomic mass is 10.2. The third kappa shape index (κ3) is 1.55. The topological polar surface area (TPSA) is 104 Å². The number of aromatic nitrogens is 4. The quantitative estimate of drug-likeness (QED) is 0.636. The van der Waals surface area contributed by atoms with E-state index in [1.54, 1.807) is 10.9 Å². The molecule has 0 aliphatic heterocycles. The maximum Gasteiger partial charge on any atom is 0.278 e. The molecule has 7 heteroatoms. The van der Waals surface area contributed by atoms with Gasteiger partial charge in [-0.2, -0.15) is 0 Å². The number of aliphatic hydroxyl groups excluding tert-OH is 2. The number of rotatable bonds is 3. The van der Waals surface area contributed by atoms with Crippen LogP contribution >= 0.6 is 0 Å². The first kappa shape index (κ1) is 10.4. The first-order chi connectivity index (χ1) is 8.22. The van der Waals surface area contributed by atoms with E-state index in [4.69, 9.17) is 5.11 Å². The number of nitrogens with one attached hydrogen (secondary N) is 1. The van der Waals surface area contributed by atoms with E-state index in [0.717, 1.165) is 6.42 Å². The van der Waals surface area contributed by atoms with Crippen molar-refractivity contribution in [3.05, 3.63) is 23.0 Å². The summed E-state index contributed by atoms with van der Waals surface area (Å²) in [6.07, 6.45) is 2.94. The Bertz CT molecular complexity index is 605. The number of hydrogen-bond donors (Lipinski definition) is 3. The Morgan fingerprint density at radius 2 is 2.41 bits per heavy atom. The summed E-state index contributed by atoms with van der Waals surface area (Å²) in [6.45, 7) is -0.248. The second-order valence-corrected chi connectivity index (χ2v) is 4.27. The number of H-pyrrole nitrogens is 1. The van der Waals surface area contributed by atoms with Gasteiger partial charge in [-0.3, -0.25) is 4.79 Å². The lowest BCUT2D eigenvalue weighted by Crippen LogP contribution is -2.16. The van der Waals surface area contributed by atoms with Crippen molar-refractivity contribution < 1.29 is 10.2 Å². The molecule has 7 nitrogen and oxygen atoms in total. The summed E-state index contributed by atoms with van der Waals surface area (Å²) >= 11 is 0. The Kier molecular flexibility index (Phi) is 2.23. The van der Waals surface area contributed by atoms with E-state index in [0.29, 0.717) is 11.2 Å². The highest BCUT2D eigenvalue weighted by Gasteiger charge is 2.44. The van der Waals surface area contributed by atoms with Gasteiger partial charge in [-0.05, 0) is 6.42 Å². The standard InChI is InChI=1S/C10H12N4O3/c15-2-7(16)5-1-6(5)14-4-13-8-9(14)11-3-12-10(8)17/h3-7,15-16H,1-2H2,(H,11,12,17)/t5-,6+,7-/m0/s1. The average molecular weight is 236 g/mol. The molecule has 0 amide bonds. The van der Waals surface area contributed by atoms with Gasteiger partial charge in [0.2, 0.25) is 0 Å². The molecule has 1 saturated carbocycles. The molecular formula is C10H12N4O3. The molecule has 0 saturated heterocycles. The minimum atomic E-state index is -0.723. The molecule has 3 rings (SSSR count). The predicted molar refractivity (Wildman–Crippen MR) is 58.4 cm³/mol. The zero-order valence-corrected chi connectivity index (χ0v) is 8.95. The summed E-state index contributed by atoms with van der Waals surface area (Å²) < 4.78 is 1.79. The fourth-order valence-corrected chi connectivity index (χ4v) is 2.17. The second-order valence-electron chi connectivity index (χ2n) is 4.27. The molecule has 1 fully saturated rings. The molecule has 3 N–H and O–H groups in total. The van der Waals surface area contributed by atoms with Crippen molar-refractivity contribution in [2.24, 2.45) is 5.92 Å². The van der Waals surface area contributed by atoms with E-state index in [1.165, 1.54) is 6.33 Å². The molecule has 0 aromatic carbocycles. The third-order valence-electron chi connectivity index (χ3n) is 3.21. The maximum atomic E-state index is 11.4. The summed E-state index contributed by atoms with van der Waals surface area (Å²) in [5.41, 5.74) is 0.552. The van der Waals surface area contributed by atoms with E-state index >= 15 is 0 Å². The van der Waals surface area contributed by atoms with Crippen LogP contribution in [-0.4, -0.2) is 42.4 Å². The molecule has 0 spiro atoms. The number of nitrogens with zero attached hydrogens (tertiary/aromatic N) is 3. The van der Waals surface area contributed by atoms with Crippen molar-refractivity contribution in [3.63, 3.8) is 0 Å². The highest BCUT2D eigenvalue weighted by Crippen LogP contribution is 2.46. The van der Waals surface area contributed by atoms with Gasteiger partial charge in [0, 0.05) is 12.0 Å². The van der Waals surface area contributed by atoms with Gasteiger partial charge in [0.15, 0.2) is 11.2 Å². The highest BCUT2D eigenvalue weighted by molar-refractivity contribution is 5.69. The Balaban J connectivity index is 1.98. The second kappa shape index (κ2) is 3.64. The Labute approximate surface area is 95.8 Å².